The monoisotopic (exact) mass is 456 g/mol. The second kappa shape index (κ2) is 8.73. The molecule has 0 atom stereocenters. The molecular formula is C25H20N4OS2. The summed E-state index contributed by atoms with van der Waals surface area (Å²) in [5, 5.41) is 9.76. The third kappa shape index (κ3) is 4.12. The van der Waals surface area contributed by atoms with Gasteiger partial charge in [0, 0.05) is 29.9 Å². The zero-order valence-electron chi connectivity index (χ0n) is 17.3. The molecule has 2 aromatic heterocycles. The summed E-state index contributed by atoms with van der Waals surface area (Å²) in [5.74, 6) is 3.41. The van der Waals surface area contributed by atoms with Crippen LogP contribution in [0.2, 0.25) is 0 Å². The number of aromatic nitrogens is 2. The van der Waals surface area contributed by atoms with Crippen molar-refractivity contribution < 1.29 is 0 Å². The summed E-state index contributed by atoms with van der Waals surface area (Å²) in [6.45, 7) is 0. The summed E-state index contributed by atoms with van der Waals surface area (Å²) >= 11 is 3.11. The van der Waals surface area contributed by atoms with Gasteiger partial charge in [0.2, 0.25) is 0 Å². The molecular weight excluding hydrogens is 436 g/mol. The SMILES string of the molecule is C#CCCC1(CCSc2nc3sc(-c4ccccc4)cc3c(=O)n2-c2ccccc2)N=N1. The van der Waals surface area contributed by atoms with Gasteiger partial charge in [0.05, 0.1) is 11.1 Å². The smallest absolute Gasteiger partial charge is 0.267 e. The highest BCUT2D eigenvalue weighted by Gasteiger charge is 2.38. The van der Waals surface area contributed by atoms with Gasteiger partial charge in [-0.25, -0.2) is 4.98 Å². The predicted molar refractivity (Wildman–Crippen MR) is 132 cm³/mol. The van der Waals surface area contributed by atoms with E-state index in [1.807, 2.05) is 66.7 Å². The lowest BCUT2D eigenvalue weighted by molar-refractivity contribution is 0.544. The van der Waals surface area contributed by atoms with Crippen molar-refractivity contribution in [1.29, 1.82) is 0 Å². The highest BCUT2D eigenvalue weighted by atomic mass is 32.2. The molecule has 0 fully saturated rings. The van der Waals surface area contributed by atoms with Crippen LogP contribution in [0.15, 0.2) is 86.9 Å². The third-order valence-electron chi connectivity index (χ3n) is 5.39. The van der Waals surface area contributed by atoms with Crippen LogP contribution in [0, 0.1) is 12.3 Å². The van der Waals surface area contributed by atoms with Crippen molar-refractivity contribution in [2.75, 3.05) is 5.75 Å². The standard InChI is InChI=1S/C25H20N4OS2/c1-2-3-14-25(27-28-25)15-16-31-24-26-22-20(17-21(32-22)18-10-6-4-7-11-18)23(30)29(24)19-12-8-5-9-13-19/h1,4-13,17H,3,14-16H2. The molecule has 0 bridgehead atoms. The van der Waals surface area contributed by atoms with E-state index in [-0.39, 0.29) is 11.2 Å². The summed E-state index contributed by atoms with van der Waals surface area (Å²) in [7, 11) is 0. The first-order valence-corrected chi connectivity index (χ1v) is 12.2. The first-order chi connectivity index (χ1) is 15.7. The van der Waals surface area contributed by atoms with Crippen LogP contribution in [0.25, 0.3) is 26.3 Å². The summed E-state index contributed by atoms with van der Waals surface area (Å²) in [6, 6.07) is 21.7. The van der Waals surface area contributed by atoms with E-state index in [1.54, 1.807) is 27.7 Å². The third-order valence-corrected chi connectivity index (χ3v) is 7.41. The molecule has 0 unspecified atom stereocenters. The fourth-order valence-electron chi connectivity index (χ4n) is 3.58. The average Bonchev–Trinajstić information content (AvgIpc) is 3.46. The molecule has 5 nitrogen and oxygen atoms in total. The Morgan fingerprint density at radius 1 is 1.03 bits per heavy atom. The molecule has 0 spiro atoms. The molecule has 0 radical (unpaired) electrons. The Morgan fingerprint density at radius 3 is 2.44 bits per heavy atom. The zero-order chi connectivity index (χ0) is 22.0. The molecule has 32 heavy (non-hydrogen) atoms. The van der Waals surface area contributed by atoms with Crippen LogP contribution >= 0.6 is 23.1 Å². The van der Waals surface area contributed by atoms with Crippen LogP contribution < -0.4 is 5.56 Å². The number of hydrogen-bond acceptors (Lipinski definition) is 6. The van der Waals surface area contributed by atoms with E-state index in [2.05, 4.69) is 16.1 Å². The molecule has 4 aromatic rings. The van der Waals surface area contributed by atoms with Gasteiger partial charge in [-0.1, -0.05) is 60.3 Å². The van der Waals surface area contributed by atoms with Crippen molar-refractivity contribution in [2.24, 2.45) is 10.2 Å². The quantitative estimate of drug-likeness (QED) is 0.181. The molecule has 0 saturated carbocycles. The van der Waals surface area contributed by atoms with E-state index in [0.29, 0.717) is 17.0 Å². The van der Waals surface area contributed by atoms with Crippen molar-refractivity contribution in [3.8, 4) is 28.5 Å². The lowest BCUT2D eigenvalue weighted by Crippen LogP contribution is -2.21. The molecule has 5 rings (SSSR count). The average molecular weight is 457 g/mol. The molecule has 0 N–H and O–H groups in total. The van der Waals surface area contributed by atoms with Gasteiger partial charge in [0.1, 0.15) is 4.83 Å². The summed E-state index contributed by atoms with van der Waals surface area (Å²) in [4.78, 5) is 20.3. The Hall–Kier alpha value is -3.21. The first kappa shape index (κ1) is 20.7. The van der Waals surface area contributed by atoms with E-state index in [9.17, 15) is 4.79 Å². The van der Waals surface area contributed by atoms with Crippen molar-refractivity contribution in [3.05, 3.63) is 77.1 Å². The second-order valence-corrected chi connectivity index (χ2v) is 9.64. The number of para-hydroxylation sites is 1. The number of fused-ring (bicyclic) bond motifs is 1. The van der Waals surface area contributed by atoms with Gasteiger partial charge in [0.15, 0.2) is 10.8 Å². The van der Waals surface area contributed by atoms with Crippen molar-refractivity contribution >= 4 is 33.3 Å². The van der Waals surface area contributed by atoms with Crippen LogP contribution in [0.5, 0.6) is 0 Å². The fourth-order valence-corrected chi connectivity index (χ4v) is 5.75. The lowest BCUT2D eigenvalue weighted by Gasteiger charge is -2.13. The minimum atomic E-state index is -0.343. The molecule has 3 heterocycles. The Morgan fingerprint density at radius 2 is 1.75 bits per heavy atom. The van der Waals surface area contributed by atoms with Gasteiger partial charge in [-0.15, -0.1) is 23.7 Å². The number of benzene rings is 2. The highest BCUT2D eigenvalue weighted by molar-refractivity contribution is 7.99. The number of terminal acetylenes is 1. The number of rotatable bonds is 8. The van der Waals surface area contributed by atoms with Gasteiger partial charge in [-0.3, -0.25) is 9.36 Å². The van der Waals surface area contributed by atoms with Crippen molar-refractivity contribution in [3.63, 3.8) is 0 Å². The Kier molecular flexibility index (Phi) is 5.64. The van der Waals surface area contributed by atoms with E-state index >= 15 is 0 Å². The normalized spacial score (nSPS) is 13.8. The van der Waals surface area contributed by atoms with Gasteiger partial charge < -0.3 is 0 Å². The van der Waals surface area contributed by atoms with Crippen LogP contribution in [0.1, 0.15) is 19.3 Å². The second-order valence-electron chi connectivity index (χ2n) is 7.55. The molecule has 0 aliphatic carbocycles. The van der Waals surface area contributed by atoms with Gasteiger partial charge in [-0.05, 0) is 23.8 Å². The first-order valence-electron chi connectivity index (χ1n) is 10.4. The molecule has 1 aliphatic heterocycles. The predicted octanol–water partition coefficient (Wildman–Crippen LogP) is 6.17. The highest BCUT2D eigenvalue weighted by Crippen LogP contribution is 2.39. The molecule has 0 amide bonds. The maximum atomic E-state index is 13.6. The molecule has 7 heteroatoms. The molecule has 0 saturated heterocycles. The van der Waals surface area contributed by atoms with Gasteiger partial charge >= 0.3 is 0 Å². The molecule has 1 aliphatic rings. The summed E-state index contributed by atoms with van der Waals surface area (Å²) in [5.41, 5.74) is 1.50. The van der Waals surface area contributed by atoms with Gasteiger partial charge in [0.25, 0.3) is 5.56 Å². The summed E-state index contributed by atoms with van der Waals surface area (Å²) in [6.07, 6.45) is 7.61. The maximum absolute atomic E-state index is 13.6. The number of hydrogen-bond donors (Lipinski definition) is 0. The fraction of sp³-hybridized carbons (Fsp3) is 0.200. The number of thiophene rings is 1. The molecule has 158 valence electrons. The van der Waals surface area contributed by atoms with E-state index in [0.717, 1.165) is 39.6 Å². The van der Waals surface area contributed by atoms with E-state index in [1.165, 1.54) is 0 Å². The van der Waals surface area contributed by atoms with Crippen molar-refractivity contribution in [2.45, 2.75) is 30.1 Å². The Labute approximate surface area is 194 Å². The lowest BCUT2D eigenvalue weighted by atomic mass is 10.1. The van der Waals surface area contributed by atoms with E-state index in [4.69, 9.17) is 11.4 Å². The minimum absolute atomic E-state index is 0.0510. The summed E-state index contributed by atoms with van der Waals surface area (Å²) < 4.78 is 1.71. The Balaban J connectivity index is 1.51. The number of nitrogens with zero attached hydrogens (tertiary/aromatic N) is 4. The van der Waals surface area contributed by atoms with Crippen LogP contribution in [-0.4, -0.2) is 21.0 Å². The number of thioether (sulfide) groups is 1. The zero-order valence-corrected chi connectivity index (χ0v) is 18.9. The van der Waals surface area contributed by atoms with Gasteiger partial charge in [-0.2, -0.15) is 10.2 Å². The minimum Gasteiger partial charge on any atom is -0.268 e. The van der Waals surface area contributed by atoms with Crippen LogP contribution in [0.3, 0.4) is 0 Å². The van der Waals surface area contributed by atoms with Crippen LogP contribution in [-0.2, 0) is 0 Å². The van der Waals surface area contributed by atoms with Crippen molar-refractivity contribution in [1.82, 2.24) is 9.55 Å². The largest absolute Gasteiger partial charge is 0.268 e. The maximum Gasteiger partial charge on any atom is 0.267 e. The van der Waals surface area contributed by atoms with Crippen LogP contribution in [0.4, 0.5) is 0 Å². The topological polar surface area (TPSA) is 59.6 Å². The van der Waals surface area contributed by atoms with E-state index < -0.39 is 0 Å². The Bertz CT molecular complexity index is 1380. The molecule has 2 aromatic carbocycles.